The van der Waals surface area contributed by atoms with E-state index in [1.165, 1.54) is 37.7 Å². The van der Waals surface area contributed by atoms with Crippen molar-refractivity contribution in [3.8, 4) is 0 Å². The van der Waals surface area contributed by atoms with Gasteiger partial charge in [-0.3, -0.25) is 0 Å². The number of aryl methyl sites for hydroxylation is 3. The van der Waals surface area contributed by atoms with Crippen molar-refractivity contribution in [2.75, 3.05) is 0 Å². The highest BCUT2D eigenvalue weighted by Crippen LogP contribution is 2.30. The van der Waals surface area contributed by atoms with Crippen LogP contribution in [0, 0.1) is 19.8 Å². The molecule has 0 bridgehead atoms. The zero-order valence-corrected chi connectivity index (χ0v) is 13.6. The average molecular weight is 299 g/mol. The minimum atomic E-state index is -0.810. The van der Waals surface area contributed by atoms with Crippen LogP contribution in [0.4, 0.5) is 0 Å². The molecule has 1 fully saturated rings. The highest BCUT2D eigenvalue weighted by atomic mass is 16.4. The molecule has 1 saturated carbocycles. The predicted octanol–water partition coefficient (Wildman–Crippen LogP) is 4.93. The van der Waals surface area contributed by atoms with Gasteiger partial charge in [0.15, 0.2) is 0 Å². The maximum atomic E-state index is 11.7. The Labute approximate surface area is 131 Å². The maximum Gasteiger partial charge on any atom is 0.352 e. The number of carboxylic acids is 1. The van der Waals surface area contributed by atoms with Crippen molar-refractivity contribution in [1.82, 2.24) is 4.57 Å². The highest BCUT2D eigenvalue weighted by molar-refractivity contribution is 5.98. The SMILES string of the molecule is Cc1ccc2c(c1)c(C)c(C(=O)O)n2CCC1CCCCC1. The average Bonchev–Trinajstić information content (AvgIpc) is 2.78. The number of aromatic carboxylic acids is 1. The molecular weight excluding hydrogens is 274 g/mol. The third-order valence-corrected chi connectivity index (χ3v) is 5.16. The number of hydrogen-bond acceptors (Lipinski definition) is 1. The molecule has 1 aliphatic rings. The Hall–Kier alpha value is -1.77. The summed E-state index contributed by atoms with van der Waals surface area (Å²) in [7, 11) is 0. The monoisotopic (exact) mass is 299 g/mol. The third kappa shape index (κ3) is 2.77. The minimum absolute atomic E-state index is 0.469. The molecule has 0 aliphatic heterocycles. The first-order chi connectivity index (χ1) is 10.6. The summed E-state index contributed by atoms with van der Waals surface area (Å²) in [5.41, 5.74) is 3.61. The molecule has 118 valence electrons. The number of carboxylic acid groups (broad SMARTS) is 1. The predicted molar refractivity (Wildman–Crippen MR) is 89.6 cm³/mol. The first-order valence-corrected chi connectivity index (χ1v) is 8.40. The van der Waals surface area contributed by atoms with E-state index in [0.29, 0.717) is 5.69 Å². The molecular formula is C19H25NO2. The van der Waals surface area contributed by atoms with Crippen molar-refractivity contribution in [3.63, 3.8) is 0 Å². The molecule has 1 N–H and O–H groups in total. The Balaban J connectivity index is 1.95. The van der Waals surface area contributed by atoms with Crippen LogP contribution in [0.3, 0.4) is 0 Å². The van der Waals surface area contributed by atoms with Crippen LogP contribution in [-0.2, 0) is 6.54 Å². The smallest absolute Gasteiger partial charge is 0.352 e. The lowest BCUT2D eigenvalue weighted by Crippen LogP contribution is -2.14. The van der Waals surface area contributed by atoms with E-state index in [2.05, 4.69) is 25.1 Å². The summed E-state index contributed by atoms with van der Waals surface area (Å²) < 4.78 is 2.03. The fourth-order valence-electron chi connectivity index (χ4n) is 3.93. The van der Waals surface area contributed by atoms with Crippen molar-refractivity contribution >= 4 is 16.9 Å². The van der Waals surface area contributed by atoms with Gasteiger partial charge in [-0.25, -0.2) is 4.79 Å². The Morgan fingerprint density at radius 1 is 1.23 bits per heavy atom. The van der Waals surface area contributed by atoms with Gasteiger partial charge in [-0.05, 0) is 43.9 Å². The van der Waals surface area contributed by atoms with E-state index < -0.39 is 5.97 Å². The van der Waals surface area contributed by atoms with Gasteiger partial charge in [0.1, 0.15) is 5.69 Å². The summed E-state index contributed by atoms with van der Waals surface area (Å²) in [6.45, 7) is 4.81. The quantitative estimate of drug-likeness (QED) is 0.870. The number of aromatic nitrogens is 1. The number of hydrogen-bond donors (Lipinski definition) is 1. The van der Waals surface area contributed by atoms with Crippen LogP contribution in [-0.4, -0.2) is 15.6 Å². The van der Waals surface area contributed by atoms with E-state index in [0.717, 1.165) is 35.3 Å². The second kappa shape index (κ2) is 6.15. The summed E-state index contributed by atoms with van der Waals surface area (Å²) in [5, 5.41) is 10.7. The standard InChI is InChI=1S/C19H25NO2/c1-13-8-9-17-16(12-13)14(2)18(19(21)22)20(17)11-10-15-6-4-3-5-7-15/h8-9,12,15H,3-7,10-11H2,1-2H3,(H,21,22). The van der Waals surface area contributed by atoms with Crippen LogP contribution in [0.2, 0.25) is 0 Å². The zero-order valence-electron chi connectivity index (χ0n) is 13.6. The topological polar surface area (TPSA) is 42.2 Å². The van der Waals surface area contributed by atoms with Crippen molar-refractivity contribution < 1.29 is 9.90 Å². The molecule has 3 rings (SSSR count). The Morgan fingerprint density at radius 2 is 1.95 bits per heavy atom. The summed E-state index contributed by atoms with van der Waals surface area (Å²) in [6, 6.07) is 6.25. The third-order valence-electron chi connectivity index (χ3n) is 5.16. The van der Waals surface area contributed by atoms with E-state index in [1.54, 1.807) is 0 Å². The van der Waals surface area contributed by atoms with Gasteiger partial charge in [0.05, 0.1) is 0 Å². The number of carbonyl (C=O) groups is 1. The molecule has 22 heavy (non-hydrogen) atoms. The molecule has 0 saturated heterocycles. The van der Waals surface area contributed by atoms with Gasteiger partial charge in [-0.1, -0.05) is 43.7 Å². The number of nitrogens with zero attached hydrogens (tertiary/aromatic N) is 1. The van der Waals surface area contributed by atoms with Gasteiger partial charge in [0, 0.05) is 17.4 Å². The molecule has 1 heterocycles. The molecule has 0 amide bonds. The van der Waals surface area contributed by atoms with Gasteiger partial charge in [-0.2, -0.15) is 0 Å². The van der Waals surface area contributed by atoms with Crippen molar-refractivity contribution in [2.45, 2.75) is 58.9 Å². The molecule has 0 spiro atoms. The molecule has 0 unspecified atom stereocenters. The van der Waals surface area contributed by atoms with Gasteiger partial charge in [0.2, 0.25) is 0 Å². The second-order valence-corrected chi connectivity index (χ2v) is 6.74. The van der Waals surface area contributed by atoms with Crippen molar-refractivity contribution in [3.05, 3.63) is 35.0 Å². The lowest BCUT2D eigenvalue weighted by Gasteiger charge is -2.22. The minimum Gasteiger partial charge on any atom is -0.477 e. The van der Waals surface area contributed by atoms with Gasteiger partial charge >= 0.3 is 5.97 Å². The summed E-state index contributed by atoms with van der Waals surface area (Å²) in [6.07, 6.45) is 7.74. The first kappa shape index (κ1) is 15.1. The number of rotatable bonds is 4. The van der Waals surface area contributed by atoms with Crippen molar-refractivity contribution in [2.24, 2.45) is 5.92 Å². The Bertz CT molecular complexity index is 693. The molecule has 1 aromatic heterocycles. The Kier molecular flexibility index (Phi) is 4.23. The van der Waals surface area contributed by atoms with E-state index in [9.17, 15) is 9.90 Å². The zero-order chi connectivity index (χ0) is 15.7. The van der Waals surface area contributed by atoms with Crippen LogP contribution in [0.25, 0.3) is 10.9 Å². The van der Waals surface area contributed by atoms with E-state index in [4.69, 9.17) is 0 Å². The summed E-state index contributed by atoms with van der Waals surface area (Å²) in [4.78, 5) is 11.7. The van der Waals surface area contributed by atoms with Crippen LogP contribution >= 0.6 is 0 Å². The summed E-state index contributed by atoms with van der Waals surface area (Å²) in [5.74, 6) is -0.0476. The van der Waals surface area contributed by atoms with Crippen LogP contribution in [0.5, 0.6) is 0 Å². The Morgan fingerprint density at radius 3 is 2.64 bits per heavy atom. The lowest BCUT2D eigenvalue weighted by atomic mass is 9.87. The summed E-state index contributed by atoms with van der Waals surface area (Å²) >= 11 is 0. The number of fused-ring (bicyclic) bond motifs is 1. The fraction of sp³-hybridized carbons (Fsp3) is 0.526. The van der Waals surface area contributed by atoms with Gasteiger partial charge in [-0.15, -0.1) is 0 Å². The molecule has 0 radical (unpaired) electrons. The van der Waals surface area contributed by atoms with Crippen LogP contribution in [0.15, 0.2) is 18.2 Å². The van der Waals surface area contributed by atoms with E-state index >= 15 is 0 Å². The highest BCUT2D eigenvalue weighted by Gasteiger charge is 2.21. The van der Waals surface area contributed by atoms with Gasteiger partial charge in [0.25, 0.3) is 0 Å². The fourth-order valence-corrected chi connectivity index (χ4v) is 3.93. The molecule has 0 atom stereocenters. The second-order valence-electron chi connectivity index (χ2n) is 6.74. The first-order valence-electron chi connectivity index (χ1n) is 8.40. The maximum absolute atomic E-state index is 11.7. The number of benzene rings is 1. The molecule has 1 aromatic carbocycles. The van der Waals surface area contributed by atoms with E-state index in [-0.39, 0.29) is 0 Å². The van der Waals surface area contributed by atoms with Crippen molar-refractivity contribution in [1.29, 1.82) is 0 Å². The lowest BCUT2D eigenvalue weighted by molar-refractivity contribution is 0.0684. The van der Waals surface area contributed by atoms with E-state index in [1.807, 2.05) is 11.5 Å². The largest absolute Gasteiger partial charge is 0.477 e. The molecule has 2 aromatic rings. The molecule has 3 nitrogen and oxygen atoms in total. The molecule has 3 heteroatoms. The normalized spacial score (nSPS) is 16.3. The van der Waals surface area contributed by atoms with Crippen LogP contribution < -0.4 is 0 Å². The van der Waals surface area contributed by atoms with Crippen LogP contribution in [0.1, 0.15) is 60.1 Å². The molecule has 1 aliphatic carbocycles. The van der Waals surface area contributed by atoms with Gasteiger partial charge < -0.3 is 9.67 Å².